The average Bonchev–Trinajstić information content (AvgIpc) is 3.37. The third-order valence-corrected chi connectivity index (χ3v) is 6.65. The summed E-state index contributed by atoms with van der Waals surface area (Å²) in [6.07, 6.45) is 1.78. The molecule has 39 heavy (non-hydrogen) atoms. The number of nitrogens with zero attached hydrogens (tertiary/aromatic N) is 4. The number of furan rings is 1. The van der Waals surface area contributed by atoms with Crippen molar-refractivity contribution in [2.24, 2.45) is 0 Å². The van der Waals surface area contributed by atoms with E-state index in [2.05, 4.69) is 22.0 Å². The van der Waals surface area contributed by atoms with Crippen molar-refractivity contribution in [2.45, 2.75) is 0 Å². The molecule has 0 aliphatic carbocycles. The molecule has 0 atom stereocenters. The Labute approximate surface area is 224 Å². The molecule has 0 unspecified atom stereocenters. The number of benzene rings is 4. The van der Waals surface area contributed by atoms with E-state index in [1.807, 2.05) is 97.1 Å². The number of phenolic OH excluding ortho intramolecular Hbond substituents is 1. The van der Waals surface area contributed by atoms with Gasteiger partial charge in [-0.1, -0.05) is 66.7 Å². The minimum Gasteiger partial charge on any atom is -0.507 e. The van der Waals surface area contributed by atoms with Gasteiger partial charge in [0.15, 0.2) is 5.82 Å². The van der Waals surface area contributed by atoms with Crippen LogP contribution in [0.15, 0.2) is 132 Å². The minimum absolute atomic E-state index is 0.146. The molecule has 7 aromatic rings. The Balaban J connectivity index is 1.44. The van der Waals surface area contributed by atoms with E-state index in [0.29, 0.717) is 22.8 Å². The predicted molar refractivity (Wildman–Crippen MR) is 154 cm³/mol. The van der Waals surface area contributed by atoms with E-state index >= 15 is 0 Å². The van der Waals surface area contributed by atoms with Gasteiger partial charge in [-0.2, -0.15) is 4.98 Å². The van der Waals surface area contributed by atoms with E-state index in [1.165, 1.54) is 0 Å². The van der Waals surface area contributed by atoms with Crippen molar-refractivity contribution in [2.75, 3.05) is 4.90 Å². The number of anilines is 3. The van der Waals surface area contributed by atoms with Crippen LogP contribution in [0.3, 0.4) is 0 Å². The van der Waals surface area contributed by atoms with Crippen molar-refractivity contribution in [3.05, 3.63) is 128 Å². The van der Waals surface area contributed by atoms with E-state index in [4.69, 9.17) is 14.4 Å². The molecule has 6 nitrogen and oxygen atoms in total. The van der Waals surface area contributed by atoms with E-state index in [0.717, 1.165) is 39.1 Å². The highest BCUT2D eigenvalue weighted by Gasteiger charge is 2.20. The maximum atomic E-state index is 10.8. The number of aromatic nitrogens is 3. The summed E-state index contributed by atoms with van der Waals surface area (Å²) in [6.45, 7) is 0. The Morgan fingerprint density at radius 3 is 2.28 bits per heavy atom. The Morgan fingerprint density at radius 1 is 0.667 bits per heavy atom. The monoisotopic (exact) mass is 506 g/mol. The van der Waals surface area contributed by atoms with Crippen LogP contribution in [-0.2, 0) is 0 Å². The van der Waals surface area contributed by atoms with Gasteiger partial charge in [0, 0.05) is 34.1 Å². The second kappa shape index (κ2) is 9.43. The van der Waals surface area contributed by atoms with Crippen LogP contribution < -0.4 is 4.90 Å². The van der Waals surface area contributed by atoms with Crippen molar-refractivity contribution in [1.82, 2.24) is 15.0 Å². The summed E-state index contributed by atoms with van der Waals surface area (Å²) in [5.74, 6) is 1.44. The summed E-state index contributed by atoms with van der Waals surface area (Å²) >= 11 is 0. The summed E-state index contributed by atoms with van der Waals surface area (Å²) in [4.78, 5) is 16.6. The van der Waals surface area contributed by atoms with Gasteiger partial charge >= 0.3 is 0 Å². The quantitative estimate of drug-likeness (QED) is 0.253. The normalized spacial score (nSPS) is 11.2. The van der Waals surface area contributed by atoms with Crippen LogP contribution in [0.1, 0.15) is 0 Å². The Bertz CT molecular complexity index is 1900. The van der Waals surface area contributed by atoms with E-state index in [9.17, 15) is 5.11 Å². The molecule has 3 aromatic heterocycles. The second-order valence-electron chi connectivity index (χ2n) is 9.10. The Hall–Kier alpha value is -5.49. The molecule has 0 spiro atoms. The smallest absolute Gasteiger partial charge is 0.231 e. The second-order valence-corrected chi connectivity index (χ2v) is 9.10. The molecule has 4 aromatic carbocycles. The number of phenols is 1. The molecule has 1 N–H and O–H groups in total. The van der Waals surface area contributed by atoms with Crippen LogP contribution in [-0.4, -0.2) is 20.1 Å². The molecule has 7 rings (SSSR count). The van der Waals surface area contributed by atoms with Gasteiger partial charge in [0.25, 0.3) is 0 Å². The summed E-state index contributed by atoms with van der Waals surface area (Å²) in [6, 6.07) is 39.0. The average molecular weight is 507 g/mol. The first-order valence-electron chi connectivity index (χ1n) is 12.6. The van der Waals surface area contributed by atoms with Gasteiger partial charge in [0.05, 0.1) is 11.1 Å². The molecule has 0 aliphatic rings. The molecule has 0 aliphatic heterocycles. The van der Waals surface area contributed by atoms with Gasteiger partial charge in [0.1, 0.15) is 17.2 Å². The number of rotatable bonds is 5. The number of pyridine rings is 1. The summed E-state index contributed by atoms with van der Waals surface area (Å²) in [5, 5.41) is 12.4. The first-order chi connectivity index (χ1) is 19.3. The fourth-order valence-electron chi connectivity index (χ4n) is 4.88. The van der Waals surface area contributed by atoms with Crippen molar-refractivity contribution < 1.29 is 9.52 Å². The van der Waals surface area contributed by atoms with E-state index in [1.54, 1.807) is 18.3 Å². The highest BCUT2D eigenvalue weighted by molar-refractivity contribution is 6.11. The summed E-state index contributed by atoms with van der Waals surface area (Å²) in [7, 11) is 0. The molecule has 3 heterocycles. The molecule has 0 saturated heterocycles. The van der Waals surface area contributed by atoms with Gasteiger partial charge in [-0.05, 0) is 54.6 Å². The largest absolute Gasteiger partial charge is 0.507 e. The van der Waals surface area contributed by atoms with Gasteiger partial charge in [-0.25, -0.2) is 9.97 Å². The van der Waals surface area contributed by atoms with Crippen molar-refractivity contribution in [3.8, 4) is 28.4 Å². The number of hydrogen-bond donors (Lipinski definition) is 1. The zero-order chi connectivity index (χ0) is 26.2. The highest BCUT2D eigenvalue weighted by atomic mass is 16.3. The van der Waals surface area contributed by atoms with Crippen molar-refractivity contribution >= 4 is 39.3 Å². The van der Waals surface area contributed by atoms with Crippen molar-refractivity contribution in [3.63, 3.8) is 0 Å². The summed E-state index contributed by atoms with van der Waals surface area (Å²) < 4.78 is 6.18. The lowest BCUT2D eigenvalue weighted by molar-refractivity contribution is 0.477. The third-order valence-electron chi connectivity index (χ3n) is 6.65. The summed E-state index contributed by atoms with van der Waals surface area (Å²) in [5.41, 5.74) is 5.13. The van der Waals surface area contributed by atoms with E-state index in [-0.39, 0.29) is 5.75 Å². The highest BCUT2D eigenvalue weighted by Crippen LogP contribution is 2.40. The lowest BCUT2D eigenvalue weighted by atomic mass is 10.0. The first-order valence-corrected chi connectivity index (χ1v) is 12.6. The van der Waals surface area contributed by atoms with Crippen LogP contribution in [0, 0.1) is 0 Å². The van der Waals surface area contributed by atoms with Crippen molar-refractivity contribution in [1.29, 1.82) is 0 Å². The Kier molecular flexibility index (Phi) is 5.49. The number of hydrogen-bond acceptors (Lipinski definition) is 6. The lowest BCUT2D eigenvalue weighted by Gasteiger charge is -2.24. The number of para-hydroxylation sites is 3. The van der Waals surface area contributed by atoms with Crippen LogP contribution in [0.2, 0.25) is 0 Å². The topological polar surface area (TPSA) is 75.3 Å². The predicted octanol–water partition coefficient (Wildman–Crippen LogP) is 8.28. The molecule has 0 amide bonds. The fourth-order valence-corrected chi connectivity index (χ4v) is 4.88. The fraction of sp³-hybridized carbons (Fsp3) is 0. The minimum atomic E-state index is 0.146. The zero-order valence-corrected chi connectivity index (χ0v) is 20.8. The molecule has 0 fully saturated rings. The maximum absolute atomic E-state index is 10.8. The van der Waals surface area contributed by atoms with Gasteiger partial charge < -0.3 is 9.52 Å². The first kappa shape index (κ1) is 22.7. The molecular formula is C33H22N4O2. The molecule has 0 bridgehead atoms. The maximum Gasteiger partial charge on any atom is 0.231 e. The van der Waals surface area contributed by atoms with Gasteiger partial charge in [-0.15, -0.1) is 0 Å². The van der Waals surface area contributed by atoms with Gasteiger partial charge in [-0.3, -0.25) is 4.90 Å². The molecule has 6 heteroatoms. The molecular weight excluding hydrogens is 484 g/mol. The Morgan fingerprint density at radius 2 is 1.44 bits per heavy atom. The molecule has 0 radical (unpaired) electrons. The zero-order valence-electron chi connectivity index (χ0n) is 20.8. The van der Waals surface area contributed by atoms with Crippen LogP contribution in [0.4, 0.5) is 17.2 Å². The van der Waals surface area contributed by atoms with Gasteiger partial charge in [0.2, 0.25) is 5.71 Å². The third kappa shape index (κ3) is 4.04. The van der Waals surface area contributed by atoms with E-state index < -0.39 is 0 Å². The van der Waals surface area contributed by atoms with Crippen LogP contribution in [0.5, 0.6) is 5.75 Å². The van der Waals surface area contributed by atoms with Crippen LogP contribution >= 0.6 is 0 Å². The van der Waals surface area contributed by atoms with Crippen LogP contribution in [0.25, 0.3) is 44.7 Å². The molecule has 0 saturated carbocycles. The lowest BCUT2D eigenvalue weighted by Crippen LogP contribution is -2.11. The standard InChI is InChI=1S/C33H22N4O2/c38-27-17-6-4-15-25(27)31-30-26-16-5-7-18-28(26)39-33(30)36-32(35-31)22-11-10-14-24(21-22)37(23-12-2-1-3-13-23)29-19-8-9-20-34-29/h1-21,38H. The number of aromatic hydroxyl groups is 1. The number of fused-ring (bicyclic) bond motifs is 3. The SMILES string of the molecule is Oc1ccccc1-c1nc(-c2cccc(N(c3ccccc3)c3ccccn3)c2)nc2oc3ccccc3c12. The molecule has 186 valence electrons.